The van der Waals surface area contributed by atoms with Crippen molar-refractivity contribution >= 4 is 23.1 Å². The molecule has 0 saturated heterocycles. The first-order valence-electron chi connectivity index (χ1n) is 4.45. The first-order chi connectivity index (χ1) is 6.31. The number of thioether (sulfide) groups is 1. The summed E-state index contributed by atoms with van der Waals surface area (Å²) in [6.07, 6.45) is 3.18. The number of nitrogens with two attached hydrogens (primary N) is 1. The van der Waals surface area contributed by atoms with Crippen molar-refractivity contribution in [2.75, 3.05) is 12.8 Å². The molecule has 0 aliphatic rings. The maximum atomic E-state index is 5.66. The first kappa shape index (κ1) is 11.0. The van der Waals surface area contributed by atoms with E-state index in [9.17, 15) is 0 Å². The van der Waals surface area contributed by atoms with Gasteiger partial charge in [-0.15, -0.1) is 11.3 Å². The summed E-state index contributed by atoms with van der Waals surface area (Å²) in [6, 6.07) is 0. The molecule has 1 rings (SSSR count). The first-order valence-corrected chi connectivity index (χ1v) is 6.72. The highest BCUT2D eigenvalue weighted by Crippen LogP contribution is 2.22. The van der Waals surface area contributed by atoms with Crippen molar-refractivity contribution in [3.63, 3.8) is 0 Å². The Hall–Kier alpha value is -0.0600. The summed E-state index contributed by atoms with van der Waals surface area (Å²) in [6.45, 7) is 2.87. The van der Waals surface area contributed by atoms with E-state index in [-0.39, 0.29) is 0 Å². The van der Waals surface area contributed by atoms with Gasteiger partial charge in [-0.3, -0.25) is 0 Å². The molecule has 13 heavy (non-hydrogen) atoms. The molecule has 0 amide bonds. The van der Waals surface area contributed by atoms with Crippen LogP contribution >= 0.6 is 23.1 Å². The van der Waals surface area contributed by atoms with Crippen molar-refractivity contribution in [1.82, 2.24) is 4.98 Å². The van der Waals surface area contributed by atoms with Crippen LogP contribution in [0.4, 0.5) is 0 Å². The predicted octanol–water partition coefficient (Wildman–Crippen LogP) is 2.46. The van der Waals surface area contributed by atoms with Gasteiger partial charge in [0.25, 0.3) is 0 Å². The van der Waals surface area contributed by atoms with Crippen LogP contribution in [0.15, 0.2) is 5.38 Å². The van der Waals surface area contributed by atoms with E-state index >= 15 is 0 Å². The van der Waals surface area contributed by atoms with Crippen molar-refractivity contribution in [2.45, 2.75) is 25.0 Å². The molecule has 0 aliphatic carbocycles. The molecular weight excluding hydrogens is 200 g/mol. The summed E-state index contributed by atoms with van der Waals surface area (Å²) in [5.74, 6) is 1.47. The average molecular weight is 216 g/mol. The zero-order chi connectivity index (χ0) is 9.68. The fourth-order valence-corrected chi connectivity index (χ4v) is 2.80. The summed E-state index contributed by atoms with van der Waals surface area (Å²) >= 11 is 3.56. The molecule has 1 atom stereocenters. The minimum Gasteiger partial charge on any atom is -0.330 e. The Morgan fingerprint density at radius 3 is 3.00 bits per heavy atom. The Morgan fingerprint density at radius 2 is 2.46 bits per heavy atom. The van der Waals surface area contributed by atoms with E-state index in [0.29, 0.717) is 12.5 Å². The van der Waals surface area contributed by atoms with Gasteiger partial charge < -0.3 is 5.73 Å². The molecule has 1 aromatic heterocycles. The van der Waals surface area contributed by atoms with E-state index in [1.807, 2.05) is 11.8 Å². The van der Waals surface area contributed by atoms with Crippen molar-refractivity contribution in [3.05, 3.63) is 16.1 Å². The maximum absolute atomic E-state index is 5.66. The van der Waals surface area contributed by atoms with Crippen LogP contribution in [-0.4, -0.2) is 17.8 Å². The standard InChI is InChI=1S/C9H16N2S2/c1-3-7(4-10)8-5-13-9(11-8)6-12-2/h5,7H,3-4,6,10H2,1-2H3. The maximum Gasteiger partial charge on any atom is 0.103 e. The van der Waals surface area contributed by atoms with Gasteiger partial charge in [0.05, 0.1) is 5.69 Å². The van der Waals surface area contributed by atoms with Gasteiger partial charge in [-0.25, -0.2) is 4.98 Å². The highest BCUT2D eigenvalue weighted by Gasteiger charge is 2.10. The zero-order valence-electron chi connectivity index (χ0n) is 8.12. The van der Waals surface area contributed by atoms with Crippen LogP contribution in [0.5, 0.6) is 0 Å². The van der Waals surface area contributed by atoms with E-state index < -0.39 is 0 Å². The molecule has 0 saturated carbocycles. The third-order valence-corrected chi connectivity index (χ3v) is 3.64. The van der Waals surface area contributed by atoms with E-state index in [1.165, 1.54) is 10.7 Å². The highest BCUT2D eigenvalue weighted by atomic mass is 32.2. The molecule has 0 aliphatic heterocycles. The summed E-state index contributed by atoms with van der Waals surface area (Å²) in [5, 5.41) is 3.36. The van der Waals surface area contributed by atoms with Crippen LogP contribution in [0, 0.1) is 0 Å². The number of nitrogens with zero attached hydrogens (tertiary/aromatic N) is 1. The summed E-state index contributed by atoms with van der Waals surface area (Å²) in [4.78, 5) is 4.56. The molecule has 0 radical (unpaired) electrons. The van der Waals surface area contributed by atoms with Gasteiger partial charge in [0.15, 0.2) is 0 Å². The molecule has 0 fully saturated rings. The van der Waals surface area contributed by atoms with Gasteiger partial charge >= 0.3 is 0 Å². The third kappa shape index (κ3) is 2.97. The molecule has 2 nitrogen and oxygen atoms in total. The van der Waals surface area contributed by atoms with E-state index in [0.717, 1.165) is 12.2 Å². The third-order valence-electron chi connectivity index (χ3n) is 2.03. The second kappa shape index (κ2) is 5.62. The molecule has 1 aromatic rings. The zero-order valence-corrected chi connectivity index (χ0v) is 9.75. The number of hydrogen-bond donors (Lipinski definition) is 1. The minimum atomic E-state index is 0.451. The molecule has 0 bridgehead atoms. The summed E-state index contributed by atoms with van der Waals surface area (Å²) in [5.41, 5.74) is 6.84. The largest absolute Gasteiger partial charge is 0.330 e. The van der Waals surface area contributed by atoms with Crippen LogP contribution in [0.1, 0.15) is 30.0 Å². The minimum absolute atomic E-state index is 0.451. The van der Waals surface area contributed by atoms with Gasteiger partial charge in [0.2, 0.25) is 0 Å². The lowest BCUT2D eigenvalue weighted by molar-refractivity contribution is 0.657. The Kier molecular flexibility index (Phi) is 4.77. The topological polar surface area (TPSA) is 38.9 Å². The van der Waals surface area contributed by atoms with Crippen LogP contribution < -0.4 is 5.73 Å². The SMILES string of the molecule is CCC(CN)c1csc(CSC)n1. The second-order valence-corrected chi connectivity index (χ2v) is 4.75. The lowest BCUT2D eigenvalue weighted by Gasteiger charge is -2.07. The monoisotopic (exact) mass is 216 g/mol. The Labute approximate surface area is 87.9 Å². The number of rotatable bonds is 5. The van der Waals surface area contributed by atoms with Crippen molar-refractivity contribution in [1.29, 1.82) is 0 Å². The Bertz CT molecular complexity index is 244. The van der Waals surface area contributed by atoms with E-state index in [2.05, 4.69) is 23.5 Å². The van der Waals surface area contributed by atoms with Crippen molar-refractivity contribution < 1.29 is 0 Å². The molecule has 0 spiro atoms. The van der Waals surface area contributed by atoms with Crippen molar-refractivity contribution in [2.24, 2.45) is 5.73 Å². The Morgan fingerprint density at radius 1 is 1.69 bits per heavy atom. The van der Waals surface area contributed by atoms with Crippen LogP contribution in [0.2, 0.25) is 0 Å². The van der Waals surface area contributed by atoms with Gasteiger partial charge in [0.1, 0.15) is 5.01 Å². The van der Waals surface area contributed by atoms with Gasteiger partial charge in [0, 0.05) is 23.6 Å². The van der Waals surface area contributed by atoms with Gasteiger partial charge in [-0.2, -0.15) is 11.8 Å². The van der Waals surface area contributed by atoms with Gasteiger partial charge in [-0.05, 0) is 12.7 Å². The predicted molar refractivity (Wildman–Crippen MR) is 61.4 cm³/mol. The number of aromatic nitrogens is 1. The molecular formula is C9H16N2S2. The van der Waals surface area contributed by atoms with E-state index in [4.69, 9.17) is 5.73 Å². The van der Waals surface area contributed by atoms with E-state index in [1.54, 1.807) is 11.3 Å². The van der Waals surface area contributed by atoms with Crippen molar-refractivity contribution in [3.8, 4) is 0 Å². The number of hydrogen-bond acceptors (Lipinski definition) is 4. The lowest BCUT2D eigenvalue weighted by atomic mass is 10.0. The molecule has 1 heterocycles. The summed E-state index contributed by atoms with van der Waals surface area (Å²) < 4.78 is 0. The van der Waals surface area contributed by atoms with Gasteiger partial charge in [-0.1, -0.05) is 6.92 Å². The normalized spacial score (nSPS) is 13.2. The fraction of sp³-hybridized carbons (Fsp3) is 0.667. The quantitative estimate of drug-likeness (QED) is 0.821. The Balaban J connectivity index is 2.66. The number of thiazole rings is 1. The van der Waals surface area contributed by atoms with Crippen LogP contribution in [0.3, 0.4) is 0 Å². The fourth-order valence-electron chi connectivity index (χ4n) is 1.20. The molecule has 0 aromatic carbocycles. The summed E-state index contributed by atoms with van der Waals surface area (Å²) in [7, 11) is 0. The highest BCUT2D eigenvalue weighted by molar-refractivity contribution is 7.97. The molecule has 2 N–H and O–H groups in total. The average Bonchev–Trinajstić information content (AvgIpc) is 2.56. The molecule has 74 valence electrons. The smallest absolute Gasteiger partial charge is 0.103 e. The van der Waals surface area contributed by atoms with Crippen LogP contribution in [-0.2, 0) is 5.75 Å². The second-order valence-electron chi connectivity index (χ2n) is 2.94. The molecule has 1 unspecified atom stereocenters. The molecule has 4 heteroatoms. The lowest BCUT2D eigenvalue weighted by Crippen LogP contribution is -2.11. The van der Waals surface area contributed by atoms with Crippen LogP contribution in [0.25, 0.3) is 0 Å².